The minimum absolute atomic E-state index is 0.0748. The molecular weight excluding hydrogens is 570 g/mol. The Labute approximate surface area is 264 Å². The normalized spacial score (nSPS) is 12.1. The molecule has 8 heteroatoms. The Hall–Kier alpha value is -4.04. The molecule has 4 aromatic rings. The average Bonchev–Trinajstić information content (AvgIpc) is 3.53. The van der Waals surface area contributed by atoms with Crippen molar-refractivity contribution in [3.8, 4) is 28.3 Å². The summed E-state index contributed by atoms with van der Waals surface area (Å²) in [5.41, 5.74) is 3.46. The summed E-state index contributed by atoms with van der Waals surface area (Å²) in [5, 5.41) is 12.5. The Morgan fingerprint density at radius 3 is 2.09 bits per heavy atom. The summed E-state index contributed by atoms with van der Waals surface area (Å²) >= 11 is 1.39. The fourth-order valence-electron chi connectivity index (χ4n) is 4.76. The van der Waals surface area contributed by atoms with Gasteiger partial charge in [0.25, 0.3) is 5.91 Å². The lowest BCUT2D eigenvalue weighted by atomic mass is 9.95. The molecule has 0 spiro atoms. The highest BCUT2D eigenvalue weighted by molar-refractivity contribution is 7.14. The van der Waals surface area contributed by atoms with Gasteiger partial charge in [-0.25, -0.2) is 14.8 Å². The minimum atomic E-state index is -1.08. The van der Waals surface area contributed by atoms with E-state index in [1.807, 2.05) is 54.6 Å². The first-order chi connectivity index (χ1) is 21.1. The summed E-state index contributed by atoms with van der Waals surface area (Å²) in [7, 11) is 0. The van der Waals surface area contributed by atoms with Crippen LogP contribution in [0.3, 0.4) is 0 Å². The number of amides is 1. The van der Waals surface area contributed by atoms with Gasteiger partial charge in [0.1, 0.15) is 11.8 Å². The van der Waals surface area contributed by atoms with Crippen LogP contribution in [-0.2, 0) is 16.6 Å². The highest BCUT2D eigenvalue weighted by Gasteiger charge is 2.24. The molecule has 0 aliphatic heterocycles. The van der Waals surface area contributed by atoms with Gasteiger partial charge in [-0.2, -0.15) is 0 Å². The number of ether oxygens (including phenoxy) is 1. The molecule has 0 unspecified atom stereocenters. The van der Waals surface area contributed by atoms with E-state index >= 15 is 0 Å². The van der Waals surface area contributed by atoms with E-state index in [1.165, 1.54) is 43.4 Å². The first kappa shape index (κ1) is 32.9. The number of carboxylic acid groups (broad SMARTS) is 1. The van der Waals surface area contributed by atoms with E-state index < -0.39 is 12.0 Å². The first-order valence-corrected chi connectivity index (χ1v) is 16.2. The van der Waals surface area contributed by atoms with Crippen LogP contribution in [0.1, 0.15) is 86.3 Å². The number of nitrogens with one attached hydrogen (secondary N) is 1. The smallest absolute Gasteiger partial charge is 0.326 e. The van der Waals surface area contributed by atoms with Crippen molar-refractivity contribution in [3.05, 3.63) is 88.4 Å². The Morgan fingerprint density at radius 2 is 1.48 bits per heavy atom. The van der Waals surface area contributed by atoms with Crippen LogP contribution in [-0.4, -0.2) is 39.6 Å². The number of hydrogen-bond acceptors (Lipinski definition) is 6. The molecule has 44 heavy (non-hydrogen) atoms. The Morgan fingerprint density at radius 1 is 0.841 bits per heavy atom. The van der Waals surface area contributed by atoms with E-state index in [-0.39, 0.29) is 17.7 Å². The van der Waals surface area contributed by atoms with Crippen LogP contribution in [0.25, 0.3) is 22.5 Å². The molecule has 7 nitrogen and oxygen atoms in total. The Balaban J connectivity index is 1.30. The molecule has 2 heterocycles. The number of nitrogens with zero attached hydrogens (tertiary/aromatic N) is 2. The van der Waals surface area contributed by atoms with Crippen LogP contribution in [0.5, 0.6) is 5.75 Å². The number of carbonyl (C=O) groups excluding carboxylic acids is 1. The molecule has 0 aliphatic rings. The highest BCUT2D eigenvalue weighted by Crippen LogP contribution is 2.29. The number of carboxylic acids is 1. The summed E-state index contributed by atoms with van der Waals surface area (Å²) in [6.07, 6.45) is 11.2. The molecule has 232 valence electrons. The van der Waals surface area contributed by atoms with Crippen LogP contribution in [0.15, 0.2) is 73.1 Å². The van der Waals surface area contributed by atoms with Crippen molar-refractivity contribution in [1.82, 2.24) is 15.3 Å². The van der Waals surface area contributed by atoms with Gasteiger partial charge in [-0.05, 0) is 47.2 Å². The molecular formula is C36H43N3O4S. The van der Waals surface area contributed by atoms with Gasteiger partial charge in [-0.15, -0.1) is 11.3 Å². The van der Waals surface area contributed by atoms with E-state index in [0.717, 1.165) is 45.9 Å². The van der Waals surface area contributed by atoms with Gasteiger partial charge in [0.05, 0.1) is 11.5 Å². The molecule has 0 radical (unpaired) electrons. The molecule has 4 rings (SSSR count). The summed E-state index contributed by atoms with van der Waals surface area (Å²) in [6.45, 7) is 9.21. The zero-order valence-electron chi connectivity index (χ0n) is 26.1. The second kappa shape index (κ2) is 15.6. The van der Waals surface area contributed by atoms with Crippen LogP contribution in [0, 0.1) is 0 Å². The van der Waals surface area contributed by atoms with Gasteiger partial charge in [0.2, 0.25) is 0 Å². The number of rotatable bonds is 15. The van der Waals surface area contributed by atoms with E-state index in [2.05, 4.69) is 43.0 Å². The lowest BCUT2D eigenvalue weighted by molar-refractivity contribution is -0.139. The SMILES string of the molecule is CCCCCCCCOc1ccc(-c2cnc(-c3ccc(C[C@H](NC(=O)c4ccc(C(C)(C)C)s4)C(=O)O)cc3)nc2)cc1. The topological polar surface area (TPSA) is 101 Å². The van der Waals surface area contributed by atoms with Crippen molar-refractivity contribution >= 4 is 23.2 Å². The summed E-state index contributed by atoms with van der Waals surface area (Å²) in [5.74, 6) is -0.00912. The van der Waals surface area contributed by atoms with Gasteiger partial charge >= 0.3 is 5.97 Å². The number of benzene rings is 2. The second-order valence-corrected chi connectivity index (χ2v) is 13.2. The van der Waals surface area contributed by atoms with Crippen LogP contribution < -0.4 is 10.1 Å². The van der Waals surface area contributed by atoms with E-state index in [1.54, 1.807) is 18.5 Å². The third kappa shape index (κ3) is 9.48. The Bertz CT molecular complexity index is 1490. The maximum absolute atomic E-state index is 12.8. The van der Waals surface area contributed by atoms with Gasteiger partial charge in [0.15, 0.2) is 5.82 Å². The zero-order chi connectivity index (χ0) is 31.5. The molecule has 0 saturated heterocycles. The van der Waals surface area contributed by atoms with Gasteiger partial charge in [0, 0.05) is 34.8 Å². The molecule has 1 amide bonds. The van der Waals surface area contributed by atoms with Crippen molar-refractivity contribution in [2.45, 2.75) is 84.1 Å². The van der Waals surface area contributed by atoms with Crippen molar-refractivity contribution in [3.63, 3.8) is 0 Å². The molecule has 2 aromatic heterocycles. The quantitative estimate of drug-likeness (QED) is 0.131. The summed E-state index contributed by atoms with van der Waals surface area (Å²) in [6, 6.07) is 18.1. The number of carbonyl (C=O) groups is 2. The van der Waals surface area contributed by atoms with E-state index in [9.17, 15) is 14.7 Å². The highest BCUT2D eigenvalue weighted by atomic mass is 32.1. The molecule has 0 bridgehead atoms. The van der Waals surface area contributed by atoms with E-state index in [0.29, 0.717) is 10.7 Å². The standard InChI is InChI=1S/C36H43N3O4S/c1-5-6-7-8-9-10-21-43-29-17-15-26(16-18-29)28-23-37-33(38-24-28)27-13-11-25(12-14-27)22-30(35(41)42)39-34(40)31-19-20-32(44-31)36(2,3)4/h11-20,23-24,30H,5-10,21-22H2,1-4H3,(H,39,40)(H,41,42)/t30-/m0/s1. The van der Waals surface area contributed by atoms with Crippen LogP contribution >= 0.6 is 11.3 Å². The molecule has 0 aliphatic carbocycles. The maximum Gasteiger partial charge on any atom is 0.326 e. The fraction of sp³-hybridized carbons (Fsp3) is 0.389. The lowest BCUT2D eigenvalue weighted by Gasteiger charge is -2.16. The van der Waals surface area contributed by atoms with Crippen LogP contribution in [0.2, 0.25) is 0 Å². The predicted molar refractivity (Wildman–Crippen MR) is 177 cm³/mol. The number of unbranched alkanes of at least 4 members (excludes halogenated alkanes) is 5. The van der Waals surface area contributed by atoms with Crippen molar-refractivity contribution in [1.29, 1.82) is 0 Å². The second-order valence-electron chi connectivity index (χ2n) is 12.1. The molecule has 1 atom stereocenters. The Kier molecular flexibility index (Phi) is 11.7. The maximum atomic E-state index is 12.8. The zero-order valence-corrected chi connectivity index (χ0v) is 27.0. The fourth-order valence-corrected chi connectivity index (χ4v) is 5.73. The molecule has 0 saturated carbocycles. The van der Waals surface area contributed by atoms with Crippen molar-refractivity contribution in [2.75, 3.05) is 6.61 Å². The summed E-state index contributed by atoms with van der Waals surface area (Å²) < 4.78 is 5.89. The number of hydrogen-bond donors (Lipinski definition) is 2. The predicted octanol–water partition coefficient (Wildman–Crippen LogP) is 8.33. The van der Waals surface area contributed by atoms with Crippen LogP contribution in [0.4, 0.5) is 0 Å². The van der Waals surface area contributed by atoms with Gasteiger partial charge < -0.3 is 15.2 Å². The minimum Gasteiger partial charge on any atom is -0.494 e. The lowest BCUT2D eigenvalue weighted by Crippen LogP contribution is -2.42. The average molecular weight is 614 g/mol. The van der Waals surface area contributed by atoms with Gasteiger partial charge in [-0.3, -0.25) is 4.79 Å². The van der Waals surface area contributed by atoms with Gasteiger partial charge in [-0.1, -0.05) is 96.2 Å². The van der Waals surface area contributed by atoms with E-state index in [4.69, 9.17) is 4.74 Å². The molecule has 2 aromatic carbocycles. The number of aromatic nitrogens is 2. The third-order valence-electron chi connectivity index (χ3n) is 7.43. The third-order valence-corrected chi connectivity index (χ3v) is 8.94. The number of thiophene rings is 1. The number of aliphatic carboxylic acids is 1. The molecule has 0 fully saturated rings. The summed E-state index contributed by atoms with van der Waals surface area (Å²) in [4.78, 5) is 35.4. The largest absolute Gasteiger partial charge is 0.494 e. The monoisotopic (exact) mass is 613 g/mol. The van der Waals surface area contributed by atoms with Crippen molar-refractivity contribution in [2.24, 2.45) is 0 Å². The molecule has 2 N–H and O–H groups in total. The van der Waals surface area contributed by atoms with Crippen molar-refractivity contribution < 1.29 is 19.4 Å². The first-order valence-electron chi connectivity index (χ1n) is 15.4.